The zero-order valence-corrected chi connectivity index (χ0v) is 15.3. The first-order valence-corrected chi connectivity index (χ1v) is 9.39. The molecule has 2 aromatic heterocycles. The van der Waals surface area contributed by atoms with Gasteiger partial charge in [0.25, 0.3) is 0 Å². The molecule has 0 fully saturated rings. The van der Waals surface area contributed by atoms with Crippen molar-refractivity contribution in [2.45, 2.75) is 31.0 Å². The number of amides is 1. The number of thioether (sulfide) groups is 1. The highest BCUT2D eigenvalue weighted by molar-refractivity contribution is 7.99. The lowest BCUT2D eigenvalue weighted by Crippen LogP contribution is -2.30. The number of nitrogen functional groups attached to an aromatic ring is 1. The molecule has 1 amide bonds. The summed E-state index contributed by atoms with van der Waals surface area (Å²) in [5.41, 5.74) is 1.11. The molecule has 0 spiro atoms. The summed E-state index contributed by atoms with van der Waals surface area (Å²) in [6, 6.07) is 13.5. The molecule has 0 radical (unpaired) electrons. The van der Waals surface area contributed by atoms with Gasteiger partial charge in [-0.3, -0.25) is 4.79 Å². The van der Waals surface area contributed by atoms with E-state index < -0.39 is 0 Å². The van der Waals surface area contributed by atoms with E-state index in [0.29, 0.717) is 16.7 Å². The third-order valence-electron chi connectivity index (χ3n) is 3.85. The monoisotopic (exact) mass is 371 g/mol. The minimum absolute atomic E-state index is 0.00345. The van der Waals surface area contributed by atoms with Gasteiger partial charge in [0, 0.05) is 0 Å². The largest absolute Gasteiger partial charge is 0.461 e. The number of rotatable bonds is 8. The summed E-state index contributed by atoms with van der Waals surface area (Å²) in [4.78, 5) is 12.4. The zero-order valence-electron chi connectivity index (χ0n) is 14.5. The summed E-state index contributed by atoms with van der Waals surface area (Å²) >= 11 is 1.24. The van der Waals surface area contributed by atoms with Crippen molar-refractivity contribution in [3.05, 3.63) is 54.3 Å². The molecule has 136 valence electrons. The molecule has 0 aliphatic carbocycles. The lowest BCUT2D eigenvalue weighted by molar-refractivity contribution is -0.119. The van der Waals surface area contributed by atoms with Gasteiger partial charge in [0.15, 0.2) is 5.76 Å². The molecular weight excluding hydrogens is 350 g/mol. The van der Waals surface area contributed by atoms with Crippen molar-refractivity contribution < 1.29 is 9.21 Å². The Hall–Kier alpha value is -2.74. The second kappa shape index (κ2) is 8.57. The standard InChI is InChI=1S/C18H21N5O2S/c1-2-7-14(13-8-4-3-5-9-13)20-16(24)12-26-18-22-21-17(23(18)19)15-10-6-11-25-15/h3-6,8-11,14H,2,7,12,19H2,1H3,(H,20,24)/t14-/m0/s1. The molecule has 0 bridgehead atoms. The van der Waals surface area contributed by atoms with Gasteiger partial charge in [-0.1, -0.05) is 55.4 Å². The molecule has 3 rings (SSSR count). The number of carbonyl (C=O) groups is 1. The molecular formula is C18H21N5O2S. The van der Waals surface area contributed by atoms with Crippen LogP contribution in [0, 0.1) is 0 Å². The number of benzene rings is 1. The van der Waals surface area contributed by atoms with E-state index in [1.165, 1.54) is 16.4 Å². The molecule has 7 nitrogen and oxygen atoms in total. The predicted octanol–water partition coefficient (Wildman–Crippen LogP) is 3.00. The van der Waals surface area contributed by atoms with Crippen LogP contribution in [0.15, 0.2) is 58.3 Å². The van der Waals surface area contributed by atoms with Crippen LogP contribution in [0.4, 0.5) is 0 Å². The molecule has 0 saturated carbocycles. The lowest BCUT2D eigenvalue weighted by Gasteiger charge is -2.18. The second-order valence-corrected chi connectivity index (χ2v) is 6.70. The Kier molecular flexibility index (Phi) is 5.96. The van der Waals surface area contributed by atoms with Gasteiger partial charge in [-0.25, -0.2) is 4.68 Å². The maximum atomic E-state index is 12.4. The Morgan fingerprint density at radius 1 is 1.27 bits per heavy atom. The van der Waals surface area contributed by atoms with E-state index in [1.807, 2.05) is 30.3 Å². The van der Waals surface area contributed by atoms with Crippen molar-refractivity contribution in [3.63, 3.8) is 0 Å². The summed E-state index contributed by atoms with van der Waals surface area (Å²) in [5, 5.41) is 11.6. The smallest absolute Gasteiger partial charge is 0.230 e. The third kappa shape index (κ3) is 4.26. The van der Waals surface area contributed by atoms with Gasteiger partial charge in [0.05, 0.1) is 18.1 Å². The van der Waals surface area contributed by atoms with Crippen LogP contribution < -0.4 is 11.2 Å². The minimum Gasteiger partial charge on any atom is -0.461 e. The highest BCUT2D eigenvalue weighted by atomic mass is 32.2. The molecule has 3 aromatic rings. The number of nitrogens with one attached hydrogen (secondary N) is 1. The third-order valence-corrected chi connectivity index (χ3v) is 4.80. The van der Waals surface area contributed by atoms with Gasteiger partial charge in [-0.2, -0.15) is 0 Å². The van der Waals surface area contributed by atoms with Gasteiger partial charge in [-0.05, 0) is 24.1 Å². The topological polar surface area (TPSA) is 99.0 Å². The first-order valence-electron chi connectivity index (χ1n) is 8.40. The Labute approximate surface area is 156 Å². The van der Waals surface area contributed by atoms with E-state index in [0.717, 1.165) is 18.4 Å². The highest BCUT2D eigenvalue weighted by Crippen LogP contribution is 2.22. The maximum Gasteiger partial charge on any atom is 0.230 e. The van der Waals surface area contributed by atoms with Crippen LogP contribution in [0.5, 0.6) is 0 Å². The molecule has 0 aliphatic rings. The van der Waals surface area contributed by atoms with E-state index >= 15 is 0 Å². The first-order chi connectivity index (χ1) is 12.7. The summed E-state index contributed by atoms with van der Waals surface area (Å²) < 4.78 is 6.61. The molecule has 0 aliphatic heterocycles. The van der Waals surface area contributed by atoms with Crippen molar-refractivity contribution in [2.75, 3.05) is 11.6 Å². The number of nitrogens with zero attached hydrogens (tertiary/aromatic N) is 3. The van der Waals surface area contributed by atoms with Gasteiger partial charge >= 0.3 is 0 Å². The summed E-state index contributed by atoms with van der Waals surface area (Å²) in [6.07, 6.45) is 3.41. The van der Waals surface area contributed by atoms with Crippen molar-refractivity contribution >= 4 is 17.7 Å². The molecule has 0 saturated heterocycles. The molecule has 2 heterocycles. The molecule has 8 heteroatoms. The number of aromatic nitrogens is 3. The Balaban J connectivity index is 1.60. The average molecular weight is 371 g/mol. The Bertz CT molecular complexity index is 833. The van der Waals surface area contributed by atoms with E-state index in [-0.39, 0.29) is 17.7 Å². The average Bonchev–Trinajstić information content (AvgIpc) is 3.30. The van der Waals surface area contributed by atoms with E-state index in [4.69, 9.17) is 10.3 Å². The van der Waals surface area contributed by atoms with Crippen LogP contribution in [0.25, 0.3) is 11.6 Å². The number of carbonyl (C=O) groups excluding carboxylic acids is 1. The van der Waals surface area contributed by atoms with Gasteiger partial charge in [0.2, 0.25) is 16.9 Å². The fraction of sp³-hybridized carbons (Fsp3) is 0.278. The van der Waals surface area contributed by atoms with Crippen LogP contribution in [0.3, 0.4) is 0 Å². The van der Waals surface area contributed by atoms with Gasteiger partial charge in [0.1, 0.15) is 0 Å². The van der Waals surface area contributed by atoms with Crippen molar-refractivity contribution in [3.8, 4) is 11.6 Å². The van der Waals surface area contributed by atoms with Crippen molar-refractivity contribution in [1.82, 2.24) is 20.2 Å². The first kappa shape index (κ1) is 18.1. The van der Waals surface area contributed by atoms with Gasteiger partial charge < -0.3 is 15.6 Å². The van der Waals surface area contributed by atoms with Crippen LogP contribution in [0.1, 0.15) is 31.4 Å². The quantitative estimate of drug-likeness (QED) is 0.466. The lowest BCUT2D eigenvalue weighted by atomic mass is 10.0. The number of nitrogens with two attached hydrogens (primary N) is 1. The molecule has 0 unspecified atom stereocenters. The van der Waals surface area contributed by atoms with E-state index in [2.05, 4.69) is 22.4 Å². The summed E-state index contributed by atoms with van der Waals surface area (Å²) in [5.74, 6) is 7.09. The van der Waals surface area contributed by atoms with Crippen molar-refractivity contribution in [1.29, 1.82) is 0 Å². The minimum atomic E-state index is -0.0696. The number of hydrogen-bond donors (Lipinski definition) is 2. The SMILES string of the molecule is CCC[C@H](NC(=O)CSc1nnc(-c2ccco2)n1N)c1ccccc1. The summed E-state index contributed by atoms with van der Waals surface area (Å²) in [7, 11) is 0. The van der Waals surface area contributed by atoms with Crippen LogP contribution in [0.2, 0.25) is 0 Å². The van der Waals surface area contributed by atoms with E-state index in [1.54, 1.807) is 18.4 Å². The summed E-state index contributed by atoms with van der Waals surface area (Å²) in [6.45, 7) is 2.10. The van der Waals surface area contributed by atoms with E-state index in [9.17, 15) is 4.79 Å². The van der Waals surface area contributed by atoms with Crippen molar-refractivity contribution in [2.24, 2.45) is 0 Å². The molecule has 1 aromatic carbocycles. The molecule has 26 heavy (non-hydrogen) atoms. The van der Waals surface area contributed by atoms with Crippen LogP contribution in [-0.4, -0.2) is 26.5 Å². The Morgan fingerprint density at radius 3 is 2.77 bits per heavy atom. The zero-order chi connectivity index (χ0) is 18.4. The predicted molar refractivity (Wildman–Crippen MR) is 101 cm³/mol. The fourth-order valence-electron chi connectivity index (χ4n) is 2.61. The highest BCUT2D eigenvalue weighted by Gasteiger charge is 2.17. The number of hydrogen-bond acceptors (Lipinski definition) is 6. The Morgan fingerprint density at radius 2 is 2.08 bits per heavy atom. The number of furan rings is 1. The second-order valence-electron chi connectivity index (χ2n) is 5.76. The van der Waals surface area contributed by atoms with Crippen LogP contribution >= 0.6 is 11.8 Å². The molecule has 1 atom stereocenters. The van der Waals surface area contributed by atoms with Gasteiger partial charge in [-0.15, -0.1) is 10.2 Å². The van der Waals surface area contributed by atoms with Crippen LogP contribution in [-0.2, 0) is 4.79 Å². The maximum absolute atomic E-state index is 12.4. The normalized spacial score (nSPS) is 12.0. The fourth-order valence-corrected chi connectivity index (χ4v) is 3.28. The molecule has 3 N–H and O–H groups in total.